The predicted molar refractivity (Wildman–Crippen MR) is 78.1 cm³/mol. The largest absolute Gasteiger partial charge is 0.259 e. The number of hydrogen-bond acceptors (Lipinski definition) is 4. The predicted octanol–water partition coefficient (Wildman–Crippen LogP) is 2.76. The van der Waals surface area contributed by atoms with Crippen LogP contribution in [0.3, 0.4) is 0 Å². The van der Waals surface area contributed by atoms with E-state index in [1.807, 2.05) is 0 Å². The van der Waals surface area contributed by atoms with Crippen LogP contribution >= 0.6 is 23.2 Å². The highest BCUT2D eigenvalue weighted by Crippen LogP contribution is 2.34. The first-order chi connectivity index (χ1) is 9.63. The van der Waals surface area contributed by atoms with Gasteiger partial charge in [-0.05, 0) is 47.0 Å². The maximum Gasteiger partial charge on any atom is 0.164 e. The van der Waals surface area contributed by atoms with Crippen molar-refractivity contribution in [2.75, 3.05) is 0 Å². The number of nitrogens with zero attached hydrogens (tertiary/aromatic N) is 4. The molecule has 0 bridgehead atoms. The van der Waals surface area contributed by atoms with E-state index in [1.165, 1.54) is 0 Å². The van der Waals surface area contributed by atoms with Crippen LogP contribution in [0.25, 0.3) is 0 Å². The van der Waals surface area contributed by atoms with Gasteiger partial charge in [0, 0.05) is 20.8 Å². The second-order valence-corrected chi connectivity index (χ2v) is 7.04. The maximum atomic E-state index is 12.2. The van der Waals surface area contributed by atoms with E-state index in [1.54, 1.807) is 22.9 Å². The third-order valence-electron chi connectivity index (χ3n) is 3.07. The normalized spacial score (nSPS) is 16.3. The van der Waals surface area contributed by atoms with Crippen molar-refractivity contribution in [3.8, 4) is 0 Å². The fourth-order valence-corrected chi connectivity index (χ4v) is 3.56. The van der Waals surface area contributed by atoms with E-state index in [-0.39, 0.29) is 0 Å². The summed E-state index contributed by atoms with van der Waals surface area (Å²) in [6.07, 6.45) is 2.18. The van der Waals surface area contributed by atoms with Crippen LogP contribution in [0.2, 0.25) is 10.0 Å². The molecule has 0 spiro atoms. The Hall–Kier alpha value is -0.980. The number of halogens is 2. The first-order valence-electron chi connectivity index (χ1n) is 6.19. The van der Waals surface area contributed by atoms with Crippen molar-refractivity contribution in [1.82, 2.24) is 20.2 Å². The van der Waals surface area contributed by atoms with Crippen molar-refractivity contribution in [3.05, 3.63) is 39.6 Å². The molecule has 1 aliphatic carbocycles. The molecule has 1 heterocycles. The minimum atomic E-state index is -1.12. The summed E-state index contributed by atoms with van der Waals surface area (Å²) in [5, 5.41) is 12.7. The molecule has 1 aromatic heterocycles. The molecule has 0 unspecified atom stereocenters. The van der Waals surface area contributed by atoms with Crippen molar-refractivity contribution in [2.24, 2.45) is 0 Å². The molecule has 20 heavy (non-hydrogen) atoms. The summed E-state index contributed by atoms with van der Waals surface area (Å²) < 4.78 is 14.0. The number of hydrogen-bond donors (Lipinski definition) is 0. The Morgan fingerprint density at radius 3 is 2.85 bits per heavy atom. The van der Waals surface area contributed by atoms with E-state index in [2.05, 4.69) is 15.5 Å². The van der Waals surface area contributed by atoms with Crippen LogP contribution in [0, 0.1) is 0 Å². The Balaban J connectivity index is 1.70. The second kappa shape index (κ2) is 5.79. The molecule has 0 N–H and O–H groups in total. The average molecular weight is 331 g/mol. The van der Waals surface area contributed by atoms with Gasteiger partial charge < -0.3 is 0 Å². The molecule has 8 heteroatoms. The minimum absolute atomic E-state index is 0.326. The smallest absolute Gasteiger partial charge is 0.164 e. The molecular formula is C12H12Cl2N4OS. The Bertz CT molecular complexity index is 657. The molecule has 0 amide bonds. The lowest BCUT2D eigenvalue weighted by Gasteiger charge is -2.06. The Morgan fingerprint density at radius 2 is 2.10 bits per heavy atom. The lowest BCUT2D eigenvalue weighted by atomic mass is 10.2. The van der Waals surface area contributed by atoms with E-state index in [9.17, 15) is 4.21 Å². The molecule has 0 saturated heterocycles. The van der Waals surface area contributed by atoms with Crippen molar-refractivity contribution >= 4 is 34.0 Å². The van der Waals surface area contributed by atoms with Crippen molar-refractivity contribution in [2.45, 2.75) is 30.4 Å². The standard InChI is InChI=1S/C12H12Cl2N4OS/c13-9-1-4-11(14)8(5-9)6-20(19)7-12-15-16-17-18(12)10-2-3-10/h1,4-5,10H,2-3,6-7H2/t20-/m1/s1. The zero-order valence-electron chi connectivity index (χ0n) is 10.5. The molecule has 1 aromatic carbocycles. The van der Waals surface area contributed by atoms with Crippen LogP contribution in [0.15, 0.2) is 18.2 Å². The highest BCUT2D eigenvalue weighted by Gasteiger charge is 2.28. The lowest BCUT2D eigenvalue weighted by molar-refractivity contribution is 0.591. The van der Waals surface area contributed by atoms with Crippen LogP contribution < -0.4 is 0 Å². The van der Waals surface area contributed by atoms with Gasteiger partial charge >= 0.3 is 0 Å². The maximum absolute atomic E-state index is 12.2. The summed E-state index contributed by atoms with van der Waals surface area (Å²) in [6, 6.07) is 5.55. The molecule has 2 aromatic rings. The van der Waals surface area contributed by atoms with Crippen molar-refractivity contribution in [1.29, 1.82) is 0 Å². The first kappa shape index (κ1) is 14.0. The molecule has 3 rings (SSSR count). The van der Waals surface area contributed by atoms with Gasteiger partial charge in [0.25, 0.3) is 0 Å². The summed E-state index contributed by atoms with van der Waals surface area (Å²) in [5.41, 5.74) is 0.781. The van der Waals surface area contributed by atoms with Crippen LogP contribution in [0.1, 0.15) is 30.3 Å². The number of benzene rings is 1. The number of rotatable bonds is 5. The van der Waals surface area contributed by atoms with Crippen LogP contribution in [0.4, 0.5) is 0 Å². The van der Waals surface area contributed by atoms with Crippen molar-refractivity contribution < 1.29 is 4.21 Å². The molecule has 1 atom stereocenters. The number of aromatic nitrogens is 4. The van der Waals surface area contributed by atoms with Gasteiger partial charge in [-0.2, -0.15) is 0 Å². The molecule has 1 saturated carbocycles. The van der Waals surface area contributed by atoms with E-state index in [4.69, 9.17) is 23.2 Å². The lowest BCUT2D eigenvalue weighted by Crippen LogP contribution is -2.08. The van der Waals surface area contributed by atoms with Crippen LogP contribution in [-0.4, -0.2) is 24.4 Å². The topological polar surface area (TPSA) is 60.7 Å². The monoisotopic (exact) mass is 330 g/mol. The summed E-state index contributed by atoms with van der Waals surface area (Å²) in [5.74, 6) is 1.34. The molecule has 1 fully saturated rings. The first-order valence-corrected chi connectivity index (χ1v) is 8.43. The third kappa shape index (κ3) is 3.19. The average Bonchev–Trinajstić information content (AvgIpc) is 3.15. The summed E-state index contributed by atoms with van der Waals surface area (Å²) in [4.78, 5) is 0. The Labute approximate surface area is 128 Å². The van der Waals surface area contributed by atoms with Crippen LogP contribution in [0.5, 0.6) is 0 Å². The quantitative estimate of drug-likeness (QED) is 0.845. The fourth-order valence-electron chi connectivity index (χ4n) is 1.93. The van der Waals surface area contributed by atoms with Gasteiger partial charge in [0.05, 0.1) is 17.5 Å². The van der Waals surface area contributed by atoms with Gasteiger partial charge in [-0.1, -0.05) is 23.2 Å². The highest BCUT2D eigenvalue weighted by molar-refractivity contribution is 7.83. The van der Waals surface area contributed by atoms with Gasteiger partial charge in [-0.25, -0.2) is 4.68 Å². The third-order valence-corrected chi connectivity index (χ3v) is 4.89. The minimum Gasteiger partial charge on any atom is -0.259 e. The van der Waals surface area contributed by atoms with E-state index in [0.717, 1.165) is 18.4 Å². The van der Waals surface area contributed by atoms with E-state index in [0.29, 0.717) is 33.4 Å². The molecule has 0 aliphatic heterocycles. The second-order valence-electron chi connectivity index (χ2n) is 4.74. The number of tetrazole rings is 1. The zero-order chi connectivity index (χ0) is 14.1. The molecule has 1 aliphatic rings. The highest BCUT2D eigenvalue weighted by atomic mass is 35.5. The SMILES string of the molecule is O=[S@](Cc1cc(Cl)ccc1Cl)Cc1nnnn1C1CC1. The van der Waals surface area contributed by atoms with E-state index < -0.39 is 10.8 Å². The molecular weight excluding hydrogens is 319 g/mol. The summed E-state index contributed by atoms with van der Waals surface area (Å²) in [6.45, 7) is 0. The molecule has 5 nitrogen and oxygen atoms in total. The summed E-state index contributed by atoms with van der Waals surface area (Å²) >= 11 is 12.0. The fraction of sp³-hybridized carbons (Fsp3) is 0.417. The van der Waals surface area contributed by atoms with Crippen LogP contribution in [-0.2, 0) is 22.3 Å². The van der Waals surface area contributed by atoms with Gasteiger partial charge in [-0.3, -0.25) is 4.21 Å². The Morgan fingerprint density at radius 1 is 1.30 bits per heavy atom. The van der Waals surface area contributed by atoms with Gasteiger partial charge in [0.1, 0.15) is 0 Å². The van der Waals surface area contributed by atoms with E-state index >= 15 is 0 Å². The Kier molecular flexibility index (Phi) is 4.05. The van der Waals surface area contributed by atoms with Crippen molar-refractivity contribution in [3.63, 3.8) is 0 Å². The molecule has 0 radical (unpaired) electrons. The summed E-state index contributed by atoms with van der Waals surface area (Å²) in [7, 11) is -1.12. The van der Waals surface area contributed by atoms with Gasteiger partial charge in [-0.15, -0.1) is 5.10 Å². The van der Waals surface area contributed by atoms with Gasteiger partial charge in [0.15, 0.2) is 5.82 Å². The van der Waals surface area contributed by atoms with Gasteiger partial charge in [0.2, 0.25) is 0 Å². The molecule has 106 valence electrons. The zero-order valence-corrected chi connectivity index (χ0v) is 12.8.